The molecule has 0 amide bonds. The number of likely N-dealkylation sites (tertiary alicyclic amines) is 2. The van der Waals surface area contributed by atoms with Gasteiger partial charge in [0.05, 0.1) is 4.99 Å². The molecule has 0 aliphatic carbocycles. The van der Waals surface area contributed by atoms with Gasteiger partial charge in [0.1, 0.15) is 5.92 Å². The van der Waals surface area contributed by atoms with Crippen molar-refractivity contribution in [3.63, 3.8) is 0 Å². The van der Waals surface area contributed by atoms with Crippen molar-refractivity contribution in [1.82, 2.24) is 9.80 Å². The number of halogens is 3. The minimum atomic E-state index is -4.34. The molecular formula is C12H20F3N3S. The van der Waals surface area contributed by atoms with Gasteiger partial charge in [-0.2, -0.15) is 13.2 Å². The first kappa shape index (κ1) is 15.0. The van der Waals surface area contributed by atoms with Crippen LogP contribution in [0.25, 0.3) is 0 Å². The summed E-state index contributed by atoms with van der Waals surface area (Å²) in [7, 11) is 0. The normalized spacial score (nSPS) is 27.8. The van der Waals surface area contributed by atoms with Gasteiger partial charge in [-0.25, -0.2) is 0 Å². The molecule has 0 radical (unpaired) electrons. The van der Waals surface area contributed by atoms with Gasteiger partial charge in [0.15, 0.2) is 0 Å². The van der Waals surface area contributed by atoms with Gasteiger partial charge in [-0.3, -0.25) is 4.90 Å². The second-order valence-corrected chi connectivity index (χ2v) is 5.91. The Hall–Kier alpha value is -0.400. The number of rotatable bonds is 4. The fraction of sp³-hybridized carbons (Fsp3) is 0.917. The van der Waals surface area contributed by atoms with Crippen LogP contribution in [-0.4, -0.2) is 59.7 Å². The summed E-state index contributed by atoms with van der Waals surface area (Å²) in [6.07, 6.45) is -0.984. The molecule has 0 aromatic carbocycles. The Morgan fingerprint density at radius 2 is 1.89 bits per heavy atom. The van der Waals surface area contributed by atoms with E-state index in [2.05, 4.69) is 17.1 Å². The standard InChI is InChI=1S/C12H20F3N3S/c13-12(14,15)10(11(16)19)8-17-6-3-9(7-17)18-4-1-2-5-18/h9-10H,1-8H2,(H2,16,19). The van der Waals surface area contributed by atoms with Crippen molar-refractivity contribution in [3.8, 4) is 0 Å². The van der Waals surface area contributed by atoms with Crippen LogP contribution in [0.15, 0.2) is 0 Å². The average Bonchev–Trinajstić information content (AvgIpc) is 2.94. The minimum absolute atomic E-state index is 0.0941. The summed E-state index contributed by atoms with van der Waals surface area (Å²) in [5, 5.41) is 0. The molecule has 2 heterocycles. The monoisotopic (exact) mass is 295 g/mol. The van der Waals surface area contributed by atoms with E-state index in [1.165, 1.54) is 12.8 Å². The molecule has 2 saturated heterocycles. The van der Waals surface area contributed by atoms with Gasteiger partial charge in [-0.05, 0) is 38.9 Å². The number of hydrogen-bond donors (Lipinski definition) is 1. The summed E-state index contributed by atoms with van der Waals surface area (Å²) < 4.78 is 38.5. The molecule has 110 valence electrons. The lowest BCUT2D eigenvalue weighted by Gasteiger charge is -2.26. The fourth-order valence-corrected chi connectivity index (χ4v) is 3.20. The van der Waals surface area contributed by atoms with E-state index in [-0.39, 0.29) is 6.54 Å². The predicted octanol–water partition coefficient (Wildman–Crippen LogP) is 1.62. The van der Waals surface area contributed by atoms with E-state index in [0.29, 0.717) is 19.1 Å². The third-order valence-electron chi connectivity index (χ3n) is 4.08. The molecule has 0 spiro atoms. The highest BCUT2D eigenvalue weighted by Gasteiger charge is 2.43. The summed E-state index contributed by atoms with van der Waals surface area (Å²) in [4.78, 5) is 3.79. The van der Waals surface area contributed by atoms with Crippen molar-refractivity contribution in [2.24, 2.45) is 11.7 Å². The topological polar surface area (TPSA) is 32.5 Å². The lowest BCUT2D eigenvalue weighted by molar-refractivity contribution is -0.158. The highest BCUT2D eigenvalue weighted by atomic mass is 32.1. The summed E-state index contributed by atoms with van der Waals surface area (Å²) >= 11 is 4.56. The highest BCUT2D eigenvalue weighted by molar-refractivity contribution is 7.80. The smallest absolute Gasteiger partial charge is 0.393 e. The van der Waals surface area contributed by atoms with Gasteiger partial charge in [0.2, 0.25) is 0 Å². The van der Waals surface area contributed by atoms with E-state index in [4.69, 9.17) is 5.73 Å². The Morgan fingerprint density at radius 1 is 1.26 bits per heavy atom. The second-order valence-electron chi connectivity index (χ2n) is 5.44. The molecule has 2 atom stereocenters. The summed E-state index contributed by atoms with van der Waals surface area (Å²) in [5.74, 6) is -1.68. The molecule has 0 aromatic heterocycles. The first-order valence-electron chi connectivity index (χ1n) is 6.70. The Morgan fingerprint density at radius 3 is 2.42 bits per heavy atom. The van der Waals surface area contributed by atoms with E-state index < -0.39 is 17.1 Å². The van der Waals surface area contributed by atoms with Crippen LogP contribution in [0.5, 0.6) is 0 Å². The molecule has 2 fully saturated rings. The molecule has 19 heavy (non-hydrogen) atoms. The van der Waals surface area contributed by atoms with Gasteiger partial charge in [-0.1, -0.05) is 12.2 Å². The number of thiocarbonyl (C=S) groups is 1. The molecular weight excluding hydrogens is 275 g/mol. The van der Waals surface area contributed by atoms with Crippen LogP contribution in [0.2, 0.25) is 0 Å². The maximum absolute atomic E-state index is 12.8. The molecule has 3 nitrogen and oxygen atoms in total. The maximum Gasteiger partial charge on any atom is 0.399 e. The van der Waals surface area contributed by atoms with Crippen LogP contribution in [0, 0.1) is 5.92 Å². The Balaban J connectivity index is 1.88. The van der Waals surface area contributed by atoms with Gasteiger partial charge >= 0.3 is 6.18 Å². The fourth-order valence-electron chi connectivity index (χ4n) is 3.00. The average molecular weight is 295 g/mol. The van der Waals surface area contributed by atoms with E-state index >= 15 is 0 Å². The second kappa shape index (κ2) is 5.93. The van der Waals surface area contributed by atoms with Crippen molar-refractivity contribution in [1.29, 1.82) is 0 Å². The van der Waals surface area contributed by atoms with Crippen molar-refractivity contribution in [2.75, 3.05) is 32.7 Å². The SMILES string of the molecule is NC(=S)C(CN1CCC(N2CCCC2)C1)C(F)(F)F. The molecule has 2 aliphatic heterocycles. The van der Waals surface area contributed by atoms with E-state index in [0.717, 1.165) is 19.5 Å². The minimum Gasteiger partial charge on any atom is -0.393 e. The molecule has 2 aliphatic rings. The molecule has 0 saturated carbocycles. The zero-order valence-corrected chi connectivity index (χ0v) is 11.6. The molecule has 2 N–H and O–H groups in total. The van der Waals surface area contributed by atoms with Crippen LogP contribution < -0.4 is 5.73 Å². The van der Waals surface area contributed by atoms with Crippen LogP contribution >= 0.6 is 12.2 Å². The summed E-state index contributed by atoms with van der Waals surface area (Å²) in [6, 6.07) is 0.405. The summed E-state index contributed by atoms with van der Waals surface area (Å²) in [5.41, 5.74) is 5.23. The first-order chi connectivity index (χ1) is 8.88. The van der Waals surface area contributed by atoms with E-state index in [1.54, 1.807) is 0 Å². The molecule has 0 bridgehead atoms. The van der Waals surface area contributed by atoms with Crippen molar-refractivity contribution in [2.45, 2.75) is 31.5 Å². The van der Waals surface area contributed by atoms with Crippen LogP contribution in [0.4, 0.5) is 13.2 Å². The Bertz CT molecular complexity index is 329. The Kier molecular flexibility index (Phi) is 4.68. The lowest BCUT2D eigenvalue weighted by atomic mass is 10.1. The number of hydrogen-bond acceptors (Lipinski definition) is 3. The van der Waals surface area contributed by atoms with Crippen molar-refractivity contribution >= 4 is 17.2 Å². The lowest BCUT2D eigenvalue weighted by Crippen LogP contribution is -2.44. The van der Waals surface area contributed by atoms with Gasteiger partial charge in [0.25, 0.3) is 0 Å². The van der Waals surface area contributed by atoms with Gasteiger partial charge in [-0.15, -0.1) is 0 Å². The zero-order chi connectivity index (χ0) is 14.0. The van der Waals surface area contributed by atoms with Gasteiger partial charge < -0.3 is 10.6 Å². The number of nitrogens with zero attached hydrogens (tertiary/aromatic N) is 2. The quantitative estimate of drug-likeness (QED) is 0.799. The van der Waals surface area contributed by atoms with Gasteiger partial charge in [0, 0.05) is 19.1 Å². The van der Waals surface area contributed by atoms with Crippen LogP contribution in [0.1, 0.15) is 19.3 Å². The molecule has 2 unspecified atom stereocenters. The third-order valence-corrected chi connectivity index (χ3v) is 4.37. The number of alkyl halides is 3. The predicted molar refractivity (Wildman–Crippen MR) is 72.0 cm³/mol. The first-order valence-corrected chi connectivity index (χ1v) is 7.11. The van der Waals surface area contributed by atoms with E-state index in [1.807, 2.05) is 4.90 Å². The van der Waals surface area contributed by atoms with E-state index in [9.17, 15) is 13.2 Å². The molecule has 7 heteroatoms. The van der Waals surface area contributed by atoms with Crippen LogP contribution in [-0.2, 0) is 0 Å². The maximum atomic E-state index is 12.8. The molecule has 2 rings (SSSR count). The largest absolute Gasteiger partial charge is 0.399 e. The third kappa shape index (κ3) is 3.79. The Labute approximate surface area is 116 Å². The van der Waals surface area contributed by atoms with Crippen molar-refractivity contribution in [3.05, 3.63) is 0 Å². The van der Waals surface area contributed by atoms with Crippen molar-refractivity contribution < 1.29 is 13.2 Å². The highest BCUT2D eigenvalue weighted by Crippen LogP contribution is 2.29. The summed E-state index contributed by atoms with van der Waals surface area (Å²) in [6.45, 7) is 3.47. The zero-order valence-electron chi connectivity index (χ0n) is 10.8. The molecule has 0 aromatic rings. The number of nitrogens with two attached hydrogens (primary N) is 1. The van der Waals surface area contributed by atoms with Crippen LogP contribution in [0.3, 0.4) is 0 Å².